The quantitative estimate of drug-likeness (QED) is 0.521. The van der Waals surface area contributed by atoms with E-state index < -0.39 is 15.9 Å². The van der Waals surface area contributed by atoms with Gasteiger partial charge in [-0.2, -0.15) is 9.41 Å². The van der Waals surface area contributed by atoms with Crippen molar-refractivity contribution in [1.29, 1.82) is 0 Å². The highest BCUT2D eigenvalue weighted by Gasteiger charge is 2.20. The number of carbonyl (C=O) groups excluding carboxylic acids is 1. The van der Waals surface area contributed by atoms with Crippen LogP contribution in [-0.4, -0.2) is 49.9 Å². The number of hydrogen-bond acceptors (Lipinski definition) is 6. The third-order valence-electron chi connectivity index (χ3n) is 3.63. The fraction of sp³-hybridized carbons (Fsp3) is 0.222. The van der Waals surface area contributed by atoms with Crippen LogP contribution < -0.4 is 10.2 Å². The second-order valence-electron chi connectivity index (χ2n) is 5.71. The number of hydrazone groups is 1. The molecule has 2 N–H and O–H groups in total. The number of amides is 1. The molecule has 0 spiro atoms. The molecular formula is C18H21N3O5S. The van der Waals surface area contributed by atoms with Crippen LogP contribution in [-0.2, 0) is 21.4 Å². The fourth-order valence-corrected chi connectivity index (χ4v) is 2.99. The molecule has 0 saturated heterocycles. The molecule has 2 aromatic rings. The predicted molar refractivity (Wildman–Crippen MR) is 102 cm³/mol. The minimum atomic E-state index is -3.59. The maximum Gasteiger partial charge on any atom is 0.255 e. The summed E-state index contributed by atoms with van der Waals surface area (Å²) in [7, 11) is -2.17. The van der Waals surface area contributed by atoms with Crippen LogP contribution in [0.25, 0.3) is 0 Å². The zero-order chi connectivity index (χ0) is 19.9. The fourth-order valence-electron chi connectivity index (χ4n) is 2.26. The van der Waals surface area contributed by atoms with E-state index in [1.807, 2.05) is 6.07 Å². The van der Waals surface area contributed by atoms with Crippen LogP contribution >= 0.6 is 0 Å². The summed E-state index contributed by atoms with van der Waals surface area (Å²) in [5.41, 5.74) is 3.37. The minimum absolute atomic E-state index is 0.0769. The molecule has 0 aliphatic rings. The van der Waals surface area contributed by atoms with Crippen LogP contribution in [0.5, 0.6) is 11.5 Å². The molecule has 0 bridgehead atoms. The van der Waals surface area contributed by atoms with Gasteiger partial charge in [-0.15, -0.1) is 0 Å². The standard InChI is InChI=1S/C18H21N3O5S/c1-26-16-10-6-9-15(18(16)23)11-19-20-17(22)13-21(27(2,24)25)12-14-7-4-3-5-8-14/h3-11,23H,12-13H2,1-2H3,(H,20,22)/b19-11-. The molecule has 0 aliphatic heterocycles. The summed E-state index contributed by atoms with van der Waals surface area (Å²) in [6, 6.07) is 13.8. The first-order valence-electron chi connectivity index (χ1n) is 7.98. The molecule has 9 heteroatoms. The highest BCUT2D eigenvalue weighted by atomic mass is 32.2. The number of benzene rings is 2. The van der Waals surface area contributed by atoms with Gasteiger partial charge in [-0.3, -0.25) is 4.79 Å². The molecule has 0 radical (unpaired) electrons. The van der Waals surface area contributed by atoms with Crippen molar-refractivity contribution >= 4 is 22.1 Å². The van der Waals surface area contributed by atoms with Crippen molar-refractivity contribution in [2.45, 2.75) is 6.54 Å². The molecular weight excluding hydrogens is 370 g/mol. The largest absolute Gasteiger partial charge is 0.504 e. The zero-order valence-corrected chi connectivity index (χ0v) is 15.8. The number of ether oxygens (including phenoxy) is 1. The lowest BCUT2D eigenvalue weighted by Gasteiger charge is -2.18. The maximum atomic E-state index is 12.1. The van der Waals surface area contributed by atoms with E-state index in [2.05, 4.69) is 10.5 Å². The Bertz CT molecular complexity index is 914. The lowest BCUT2D eigenvalue weighted by atomic mass is 10.2. The molecule has 0 heterocycles. The van der Waals surface area contributed by atoms with E-state index in [1.165, 1.54) is 13.3 Å². The molecule has 8 nitrogen and oxygen atoms in total. The molecule has 0 unspecified atom stereocenters. The summed E-state index contributed by atoms with van der Waals surface area (Å²) in [5, 5.41) is 13.7. The van der Waals surface area contributed by atoms with Crippen LogP contribution in [0, 0.1) is 0 Å². The van der Waals surface area contributed by atoms with Crippen LogP contribution in [0.15, 0.2) is 53.6 Å². The number of sulfonamides is 1. The molecule has 2 rings (SSSR count). The number of phenols is 1. The van der Waals surface area contributed by atoms with Crippen LogP contribution in [0.3, 0.4) is 0 Å². The SMILES string of the molecule is COc1cccc(/C=N\NC(=O)CN(Cc2ccccc2)S(C)(=O)=O)c1O. The number of nitrogens with zero attached hydrogens (tertiary/aromatic N) is 2. The summed E-state index contributed by atoms with van der Waals surface area (Å²) in [5.74, 6) is -0.439. The van der Waals surface area contributed by atoms with Crippen molar-refractivity contribution in [2.24, 2.45) is 5.10 Å². The molecule has 0 aromatic heterocycles. The van der Waals surface area contributed by atoms with E-state index >= 15 is 0 Å². The molecule has 0 saturated carbocycles. The van der Waals surface area contributed by atoms with Gasteiger partial charge in [0.15, 0.2) is 11.5 Å². The second-order valence-corrected chi connectivity index (χ2v) is 7.69. The average molecular weight is 391 g/mol. The van der Waals surface area contributed by atoms with Crippen LogP contribution in [0.1, 0.15) is 11.1 Å². The lowest BCUT2D eigenvalue weighted by Crippen LogP contribution is -2.38. The third kappa shape index (κ3) is 6.08. The number of carbonyl (C=O) groups is 1. The number of phenolic OH excluding ortho intramolecular Hbond substituents is 1. The van der Waals surface area contributed by atoms with Gasteiger partial charge >= 0.3 is 0 Å². The molecule has 27 heavy (non-hydrogen) atoms. The van der Waals surface area contributed by atoms with Gasteiger partial charge in [0.25, 0.3) is 5.91 Å². The first-order valence-corrected chi connectivity index (χ1v) is 9.83. The Balaban J connectivity index is 2.02. The average Bonchev–Trinajstić information content (AvgIpc) is 2.63. The second kappa shape index (κ2) is 9.15. The normalized spacial score (nSPS) is 11.7. The summed E-state index contributed by atoms with van der Waals surface area (Å²) in [4.78, 5) is 12.1. The first-order chi connectivity index (χ1) is 12.8. The Morgan fingerprint density at radius 1 is 1.22 bits per heavy atom. The smallest absolute Gasteiger partial charge is 0.255 e. The number of rotatable bonds is 8. The van der Waals surface area contributed by atoms with Crippen LogP contribution in [0.2, 0.25) is 0 Å². The maximum absolute atomic E-state index is 12.1. The van der Waals surface area contributed by atoms with Gasteiger partial charge in [0, 0.05) is 12.1 Å². The van der Waals surface area contributed by atoms with Gasteiger partial charge in [0.2, 0.25) is 10.0 Å². The van der Waals surface area contributed by atoms with E-state index in [0.29, 0.717) is 5.56 Å². The van der Waals surface area contributed by atoms with E-state index in [4.69, 9.17) is 4.74 Å². The number of hydrogen-bond donors (Lipinski definition) is 2. The Morgan fingerprint density at radius 2 is 1.93 bits per heavy atom. The topological polar surface area (TPSA) is 108 Å². The van der Waals surface area contributed by atoms with Gasteiger partial charge in [-0.05, 0) is 17.7 Å². The van der Waals surface area contributed by atoms with E-state index in [9.17, 15) is 18.3 Å². The Labute approximate surface area is 158 Å². The van der Waals surface area contributed by atoms with Gasteiger partial charge in [-0.1, -0.05) is 36.4 Å². The molecule has 1 amide bonds. The lowest BCUT2D eigenvalue weighted by molar-refractivity contribution is -0.121. The third-order valence-corrected chi connectivity index (χ3v) is 4.83. The van der Waals surface area contributed by atoms with E-state index in [-0.39, 0.29) is 24.6 Å². The predicted octanol–water partition coefficient (Wildman–Crippen LogP) is 1.31. The molecule has 144 valence electrons. The Hall–Kier alpha value is -2.91. The van der Waals surface area contributed by atoms with Crippen molar-refractivity contribution in [3.8, 4) is 11.5 Å². The molecule has 0 aliphatic carbocycles. The molecule has 0 fully saturated rings. The zero-order valence-electron chi connectivity index (χ0n) is 15.0. The first kappa shape index (κ1) is 20.4. The van der Waals surface area contributed by atoms with Gasteiger partial charge in [0.1, 0.15) is 0 Å². The van der Waals surface area contributed by atoms with Crippen molar-refractivity contribution in [3.63, 3.8) is 0 Å². The summed E-state index contributed by atoms with van der Waals surface area (Å²) in [6.45, 7) is -0.303. The highest BCUT2D eigenvalue weighted by Crippen LogP contribution is 2.27. The summed E-state index contributed by atoms with van der Waals surface area (Å²) in [6.07, 6.45) is 2.29. The number of aromatic hydroxyl groups is 1. The summed E-state index contributed by atoms with van der Waals surface area (Å²) < 4.78 is 29.9. The van der Waals surface area contributed by atoms with Gasteiger partial charge in [-0.25, -0.2) is 13.8 Å². The van der Waals surface area contributed by atoms with E-state index in [1.54, 1.807) is 42.5 Å². The van der Waals surface area contributed by atoms with Crippen molar-refractivity contribution < 1.29 is 23.1 Å². The van der Waals surface area contributed by atoms with Gasteiger partial charge < -0.3 is 9.84 Å². The molecule has 0 atom stereocenters. The number of methoxy groups -OCH3 is 1. The highest BCUT2D eigenvalue weighted by molar-refractivity contribution is 7.88. The Kier molecular flexibility index (Phi) is 6.91. The van der Waals surface area contributed by atoms with Crippen molar-refractivity contribution in [3.05, 3.63) is 59.7 Å². The molecule has 2 aromatic carbocycles. The Morgan fingerprint density at radius 3 is 2.56 bits per heavy atom. The van der Waals surface area contributed by atoms with Crippen LogP contribution in [0.4, 0.5) is 0 Å². The van der Waals surface area contributed by atoms with Gasteiger partial charge in [0.05, 0.1) is 26.1 Å². The monoisotopic (exact) mass is 391 g/mol. The minimum Gasteiger partial charge on any atom is -0.504 e. The van der Waals surface area contributed by atoms with E-state index in [0.717, 1.165) is 16.1 Å². The number of nitrogens with one attached hydrogen (secondary N) is 1. The summed E-state index contributed by atoms with van der Waals surface area (Å²) >= 11 is 0. The van der Waals surface area contributed by atoms with Crippen molar-refractivity contribution in [2.75, 3.05) is 19.9 Å². The van der Waals surface area contributed by atoms with Crippen molar-refractivity contribution in [1.82, 2.24) is 9.73 Å². The number of para-hydroxylation sites is 1.